The summed E-state index contributed by atoms with van der Waals surface area (Å²) >= 11 is 1.39. The van der Waals surface area contributed by atoms with E-state index in [4.69, 9.17) is 5.73 Å². The first-order chi connectivity index (χ1) is 9.97. The second-order valence-corrected chi connectivity index (χ2v) is 5.72. The number of amides is 1. The summed E-state index contributed by atoms with van der Waals surface area (Å²) in [4.78, 5) is 11.9. The van der Waals surface area contributed by atoms with Gasteiger partial charge >= 0.3 is 0 Å². The fourth-order valence-electron chi connectivity index (χ4n) is 1.84. The predicted octanol–water partition coefficient (Wildman–Crippen LogP) is 3.59. The third kappa shape index (κ3) is 4.06. The van der Waals surface area contributed by atoms with Gasteiger partial charge in [0.05, 0.1) is 0 Å². The van der Waals surface area contributed by atoms with Crippen molar-refractivity contribution in [1.82, 2.24) is 4.72 Å². The monoisotopic (exact) mass is 304 g/mol. The van der Waals surface area contributed by atoms with Crippen LogP contribution in [0, 0.1) is 12.7 Å². The average molecular weight is 304 g/mol. The van der Waals surface area contributed by atoms with E-state index in [0.29, 0.717) is 5.56 Å². The van der Waals surface area contributed by atoms with Crippen LogP contribution < -0.4 is 10.5 Å². The Hall–Kier alpha value is -1.85. The predicted molar refractivity (Wildman–Crippen MR) is 83.5 cm³/mol. The third-order valence-electron chi connectivity index (χ3n) is 3.19. The maximum Gasteiger partial charge on any atom is 0.248 e. The molecule has 0 bridgehead atoms. The van der Waals surface area contributed by atoms with Gasteiger partial charge in [0.25, 0.3) is 0 Å². The van der Waals surface area contributed by atoms with Crippen LogP contribution >= 0.6 is 11.9 Å². The summed E-state index contributed by atoms with van der Waals surface area (Å²) in [7, 11) is 0. The lowest BCUT2D eigenvalue weighted by molar-refractivity contribution is 0.100. The molecule has 1 amide bonds. The number of carbonyl (C=O) groups is 1. The molecule has 2 rings (SSSR count). The summed E-state index contributed by atoms with van der Waals surface area (Å²) in [6.45, 7) is 3.94. The fraction of sp³-hybridized carbons (Fsp3) is 0.188. The molecule has 0 aliphatic heterocycles. The second-order valence-electron chi connectivity index (χ2n) is 4.84. The average Bonchev–Trinajstić information content (AvgIpc) is 2.48. The molecule has 3 nitrogen and oxygen atoms in total. The summed E-state index contributed by atoms with van der Waals surface area (Å²) in [5, 5.41) is 0. The minimum Gasteiger partial charge on any atom is -0.366 e. The Balaban J connectivity index is 2.02. The molecule has 3 N–H and O–H groups in total. The molecule has 5 heteroatoms. The first kappa shape index (κ1) is 15.5. The van der Waals surface area contributed by atoms with Crippen LogP contribution in [0.15, 0.2) is 47.4 Å². The Labute approximate surface area is 127 Å². The van der Waals surface area contributed by atoms with Crippen molar-refractivity contribution >= 4 is 17.9 Å². The lowest BCUT2D eigenvalue weighted by Crippen LogP contribution is -2.13. The Morgan fingerprint density at radius 2 is 1.90 bits per heavy atom. The third-order valence-corrected chi connectivity index (χ3v) is 4.32. The maximum atomic E-state index is 13.2. The number of nitrogens with one attached hydrogen (secondary N) is 1. The van der Waals surface area contributed by atoms with Gasteiger partial charge < -0.3 is 5.73 Å². The van der Waals surface area contributed by atoms with E-state index in [1.54, 1.807) is 18.2 Å². The van der Waals surface area contributed by atoms with Gasteiger partial charge in [-0.3, -0.25) is 9.52 Å². The van der Waals surface area contributed by atoms with Crippen molar-refractivity contribution < 1.29 is 9.18 Å². The molecule has 110 valence electrons. The smallest absolute Gasteiger partial charge is 0.248 e. The van der Waals surface area contributed by atoms with E-state index in [-0.39, 0.29) is 11.9 Å². The Morgan fingerprint density at radius 3 is 2.52 bits per heavy atom. The molecule has 0 fully saturated rings. The number of primary amides is 1. The molecule has 0 aliphatic carbocycles. The molecule has 0 aliphatic rings. The number of carbonyl (C=O) groups excluding carboxylic acids is 1. The SMILES string of the molecule is Cc1ccc(F)cc1SNC(C)c1ccc(C(N)=O)cc1. The molecule has 21 heavy (non-hydrogen) atoms. The molecular weight excluding hydrogens is 287 g/mol. The first-order valence-electron chi connectivity index (χ1n) is 6.55. The Morgan fingerprint density at radius 1 is 1.24 bits per heavy atom. The highest BCUT2D eigenvalue weighted by Crippen LogP contribution is 2.24. The van der Waals surface area contributed by atoms with Crippen LogP contribution in [0.5, 0.6) is 0 Å². The van der Waals surface area contributed by atoms with Crippen LogP contribution in [0.2, 0.25) is 0 Å². The van der Waals surface area contributed by atoms with Crippen LogP contribution in [0.4, 0.5) is 4.39 Å². The lowest BCUT2D eigenvalue weighted by atomic mass is 10.1. The van der Waals surface area contributed by atoms with Gasteiger partial charge in [-0.25, -0.2) is 4.39 Å². The van der Waals surface area contributed by atoms with Gasteiger partial charge in [0.1, 0.15) is 5.82 Å². The molecule has 1 atom stereocenters. The van der Waals surface area contributed by atoms with E-state index in [1.807, 2.05) is 26.0 Å². The highest BCUT2D eigenvalue weighted by Gasteiger charge is 2.08. The largest absolute Gasteiger partial charge is 0.366 e. The molecule has 0 aromatic heterocycles. The first-order valence-corrected chi connectivity index (χ1v) is 7.37. The summed E-state index contributed by atoms with van der Waals surface area (Å²) < 4.78 is 16.5. The van der Waals surface area contributed by atoms with Crippen molar-refractivity contribution in [3.05, 3.63) is 65.0 Å². The van der Waals surface area contributed by atoms with E-state index >= 15 is 0 Å². The lowest BCUT2D eigenvalue weighted by Gasteiger charge is -2.14. The number of rotatable bonds is 5. The van der Waals surface area contributed by atoms with Crippen LogP contribution in [-0.4, -0.2) is 5.91 Å². The van der Waals surface area contributed by atoms with Gasteiger partial charge in [-0.05, 0) is 61.2 Å². The normalized spacial score (nSPS) is 12.1. The molecular formula is C16H17FN2OS. The number of nitrogens with two attached hydrogens (primary N) is 1. The topological polar surface area (TPSA) is 55.1 Å². The van der Waals surface area contributed by atoms with Gasteiger partial charge in [-0.1, -0.05) is 18.2 Å². The van der Waals surface area contributed by atoms with Crippen LogP contribution in [0.25, 0.3) is 0 Å². The zero-order valence-corrected chi connectivity index (χ0v) is 12.7. The standard InChI is InChI=1S/C16H17FN2OS/c1-10-3-8-14(17)9-15(10)21-19-11(2)12-4-6-13(7-5-12)16(18)20/h3-9,11,19H,1-2H3,(H2,18,20). The van der Waals surface area contributed by atoms with Crippen molar-refractivity contribution in [2.45, 2.75) is 24.8 Å². The quantitative estimate of drug-likeness (QED) is 0.830. The zero-order chi connectivity index (χ0) is 15.4. The summed E-state index contributed by atoms with van der Waals surface area (Å²) in [5.41, 5.74) is 7.74. The molecule has 0 saturated carbocycles. The molecule has 1 unspecified atom stereocenters. The van der Waals surface area contributed by atoms with Crippen molar-refractivity contribution in [3.8, 4) is 0 Å². The maximum absolute atomic E-state index is 13.2. The molecule has 0 saturated heterocycles. The number of aryl methyl sites for hydroxylation is 1. The minimum atomic E-state index is -0.438. The Bertz CT molecular complexity index is 643. The fourth-order valence-corrected chi connectivity index (χ4v) is 2.68. The van der Waals surface area contributed by atoms with Crippen molar-refractivity contribution in [1.29, 1.82) is 0 Å². The molecule has 2 aromatic carbocycles. The molecule has 0 radical (unpaired) electrons. The van der Waals surface area contributed by atoms with Gasteiger partial charge in [0.15, 0.2) is 0 Å². The van der Waals surface area contributed by atoms with Gasteiger partial charge in [-0.2, -0.15) is 0 Å². The van der Waals surface area contributed by atoms with Crippen molar-refractivity contribution in [2.24, 2.45) is 5.73 Å². The summed E-state index contributed by atoms with van der Waals surface area (Å²) in [6.07, 6.45) is 0. The van der Waals surface area contributed by atoms with Crippen LogP contribution in [0.1, 0.15) is 34.5 Å². The number of hydrogen-bond donors (Lipinski definition) is 2. The highest BCUT2D eigenvalue weighted by molar-refractivity contribution is 7.97. The number of hydrogen-bond acceptors (Lipinski definition) is 3. The highest BCUT2D eigenvalue weighted by atomic mass is 32.2. The van der Waals surface area contributed by atoms with E-state index < -0.39 is 5.91 Å². The van der Waals surface area contributed by atoms with E-state index in [0.717, 1.165) is 16.0 Å². The van der Waals surface area contributed by atoms with Crippen molar-refractivity contribution in [2.75, 3.05) is 0 Å². The van der Waals surface area contributed by atoms with Crippen molar-refractivity contribution in [3.63, 3.8) is 0 Å². The van der Waals surface area contributed by atoms with E-state index in [9.17, 15) is 9.18 Å². The van der Waals surface area contributed by atoms with Gasteiger partial charge in [-0.15, -0.1) is 0 Å². The van der Waals surface area contributed by atoms with Gasteiger partial charge in [0, 0.05) is 16.5 Å². The van der Waals surface area contributed by atoms with Crippen LogP contribution in [-0.2, 0) is 0 Å². The Kier molecular flexibility index (Phi) is 4.98. The minimum absolute atomic E-state index is 0.0552. The van der Waals surface area contributed by atoms with E-state index in [2.05, 4.69) is 4.72 Å². The molecule has 0 spiro atoms. The van der Waals surface area contributed by atoms with Gasteiger partial charge in [0.2, 0.25) is 5.91 Å². The summed E-state index contributed by atoms with van der Waals surface area (Å²) in [6, 6.07) is 11.9. The zero-order valence-electron chi connectivity index (χ0n) is 11.9. The van der Waals surface area contributed by atoms with E-state index in [1.165, 1.54) is 24.1 Å². The van der Waals surface area contributed by atoms with Crippen LogP contribution in [0.3, 0.4) is 0 Å². The molecule has 0 heterocycles. The number of benzene rings is 2. The molecule has 2 aromatic rings. The number of halogens is 1. The second kappa shape index (κ2) is 6.74. The summed E-state index contributed by atoms with van der Waals surface area (Å²) in [5.74, 6) is -0.685.